The molecular weight excluding hydrogens is 290 g/mol. The fourth-order valence-corrected chi connectivity index (χ4v) is 2.43. The first-order chi connectivity index (χ1) is 11.3. The van der Waals surface area contributed by atoms with Crippen LogP contribution in [-0.2, 0) is 0 Å². The van der Waals surface area contributed by atoms with Gasteiger partial charge in [0.15, 0.2) is 0 Å². The van der Waals surface area contributed by atoms with Gasteiger partial charge in [0.2, 0.25) is 5.65 Å². The average molecular weight is 303 g/mol. The van der Waals surface area contributed by atoms with Crippen LogP contribution in [0.25, 0.3) is 28.8 Å². The minimum atomic E-state index is 0.633. The first-order valence-electron chi connectivity index (χ1n) is 7.14. The zero-order valence-corrected chi connectivity index (χ0v) is 12.4. The van der Waals surface area contributed by atoms with Gasteiger partial charge in [-0.1, -0.05) is 30.3 Å². The van der Waals surface area contributed by atoms with Crippen LogP contribution >= 0.6 is 0 Å². The fourth-order valence-electron chi connectivity index (χ4n) is 2.43. The van der Waals surface area contributed by atoms with Crippen molar-refractivity contribution >= 4 is 28.8 Å². The van der Waals surface area contributed by atoms with E-state index in [1.54, 1.807) is 11.6 Å². The molecule has 0 aliphatic rings. The maximum Gasteiger partial charge on any atom is 0.205 e. The molecule has 6 nitrogen and oxygen atoms in total. The standard InChI is InChI=1S/C17H13N5O/c1-23-13-9-6-12(7-10-13)8-11-15-17-19-20-21-22(17)16-5-3-2-4-14(16)18-15/h2-11H,1H3/b11-8+. The Labute approximate surface area is 132 Å². The second-order valence-electron chi connectivity index (χ2n) is 5.01. The topological polar surface area (TPSA) is 65.2 Å². The van der Waals surface area contributed by atoms with Crippen molar-refractivity contribution in [3.05, 3.63) is 59.8 Å². The molecule has 0 fully saturated rings. The molecule has 0 radical (unpaired) electrons. The van der Waals surface area contributed by atoms with Crippen LogP contribution in [0.3, 0.4) is 0 Å². The van der Waals surface area contributed by atoms with E-state index in [2.05, 4.69) is 20.5 Å². The van der Waals surface area contributed by atoms with Crippen molar-refractivity contribution in [1.82, 2.24) is 25.0 Å². The molecule has 0 saturated heterocycles. The number of fused-ring (bicyclic) bond motifs is 3. The van der Waals surface area contributed by atoms with Crippen molar-refractivity contribution in [2.45, 2.75) is 0 Å². The Kier molecular flexibility index (Phi) is 3.20. The SMILES string of the molecule is COc1ccc(/C=C/c2nc3ccccc3n3nnnc23)cc1. The first-order valence-corrected chi connectivity index (χ1v) is 7.14. The summed E-state index contributed by atoms with van der Waals surface area (Å²) in [4.78, 5) is 4.65. The number of rotatable bonds is 3. The molecule has 0 aliphatic heterocycles. The molecule has 2 aromatic heterocycles. The van der Waals surface area contributed by atoms with E-state index in [0.717, 1.165) is 28.0 Å². The summed E-state index contributed by atoms with van der Waals surface area (Å²) >= 11 is 0. The van der Waals surface area contributed by atoms with Crippen molar-refractivity contribution in [3.63, 3.8) is 0 Å². The van der Waals surface area contributed by atoms with Crippen LogP contribution in [0.2, 0.25) is 0 Å². The maximum absolute atomic E-state index is 5.16. The molecule has 0 N–H and O–H groups in total. The van der Waals surface area contributed by atoms with Gasteiger partial charge in [0.05, 0.1) is 18.1 Å². The summed E-state index contributed by atoms with van der Waals surface area (Å²) in [5.41, 5.74) is 4.14. The quantitative estimate of drug-likeness (QED) is 0.582. The minimum absolute atomic E-state index is 0.633. The third-order valence-corrected chi connectivity index (χ3v) is 3.60. The van der Waals surface area contributed by atoms with E-state index < -0.39 is 0 Å². The van der Waals surface area contributed by atoms with Gasteiger partial charge in [-0.2, -0.15) is 4.52 Å². The number of methoxy groups -OCH3 is 1. The third kappa shape index (κ3) is 2.40. The van der Waals surface area contributed by atoms with Gasteiger partial charge < -0.3 is 4.74 Å². The van der Waals surface area contributed by atoms with E-state index in [1.807, 2.05) is 60.7 Å². The Morgan fingerprint density at radius 2 is 1.83 bits per heavy atom. The Balaban J connectivity index is 1.80. The van der Waals surface area contributed by atoms with Crippen molar-refractivity contribution in [1.29, 1.82) is 0 Å². The maximum atomic E-state index is 5.16. The molecule has 6 heteroatoms. The van der Waals surface area contributed by atoms with Crippen LogP contribution in [0, 0.1) is 0 Å². The highest BCUT2D eigenvalue weighted by molar-refractivity contribution is 5.83. The summed E-state index contributed by atoms with van der Waals surface area (Å²) in [6.07, 6.45) is 3.89. The molecule has 2 aromatic carbocycles. The average Bonchev–Trinajstić information content (AvgIpc) is 3.10. The molecule has 0 atom stereocenters. The van der Waals surface area contributed by atoms with Gasteiger partial charge in [0, 0.05) is 0 Å². The number of nitrogens with zero attached hydrogens (tertiary/aromatic N) is 5. The van der Waals surface area contributed by atoms with Gasteiger partial charge in [0.1, 0.15) is 11.4 Å². The lowest BCUT2D eigenvalue weighted by Gasteiger charge is -2.02. The van der Waals surface area contributed by atoms with Crippen molar-refractivity contribution in [2.24, 2.45) is 0 Å². The van der Waals surface area contributed by atoms with Crippen LogP contribution in [0.5, 0.6) is 5.75 Å². The van der Waals surface area contributed by atoms with E-state index in [4.69, 9.17) is 4.74 Å². The zero-order chi connectivity index (χ0) is 15.6. The number of hydrogen-bond donors (Lipinski definition) is 0. The minimum Gasteiger partial charge on any atom is -0.497 e. The summed E-state index contributed by atoms with van der Waals surface area (Å²) < 4.78 is 6.87. The second-order valence-corrected chi connectivity index (χ2v) is 5.01. The van der Waals surface area contributed by atoms with Gasteiger partial charge in [-0.3, -0.25) is 0 Å². The first kappa shape index (κ1) is 13.4. The number of hydrogen-bond acceptors (Lipinski definition) is 5. The Bertz CT molecular complexity index is 1000. The summed E-state index contributed by atoms with van der Waals surface area (Å²) in [5, 5.41) is 11.9. The van der Waals surface area contributed by atoms with E-state index in [0.29, 0.717) is 5.65 Å². The molecule has 2 heterocycles. The lowest BCUT2D eigenvalue weighted by Crippen LogP contribution is -1.96. The highest BCUT2D eigenvalue weighted by Gasteiger charge is 2.08. The van der Waals surface area contributed by atoms with Crippen molar-refractivity contribution in [3.8, 4) is 5.75 Å². The number of aromatic nitrogens is 5. The molecule has 0 bridgehead atoms. The molecule has 0 spiro atoms. The van der Waals surface area contributed by atoms with E-state index in [1.165, 1.54) is 0 Å². The van der Waals surface area contributed by atoms with Gasteiger partial charge in [-0.25, -0.2) is 4.98 Å². The molecule has 0 unspecified atom stereocenters. The Morgan fingerprint density at radius 1 is 1.00 bits per heavy atom. The second kappa shape index (κ2) is 5.49. The predicted octanol–water partition coefficient (Wildman–Crippen LogP) is 2.85. The number of tetrazole rings is 1. The van der Waals surface area contributed by atoms with Crippen molar-refractivity contribution in [2.75, 3.05) is 7.11 Å². The molecule has 23 heavy (non-hydrogen) atoms. The lowest BCUT2D eigenvalue weighted by molar-refractivity contribution is 0.415. The molecule has 4 aromatic rings. The normalized spacial score (nSPS) is 11.5. The van der Waals surface area contributed by atoms with E-state index >= 15 is 0 Å². The number of benzene rings is 2. The van der Waals surface area contributed by atoms with E-state index in [9.17, 15) is 0 Å². The molecule has 0 aliphatic carbocycles. The number of ether oxygens (including phenoxy) is 1. The summed E-state index contributed by atoms with van der Waals surface area (Å²) in [7, 11) is 1.65. The highest BCUT2D eigenvalue weighted by Crippen LogP contribution is 2.18. The third-order valence-electron chi connectivity index (χ3n) is 3.60. The summed E-state index contributed by atoms with van der Waals surface area (Å²) in [6.45, 7) is 0. The van der Waals surface area contributed by atoms with Crippen LogP contribution in [0.15, 0.2) is 48.5 Å². The predicted molar refractivity (Wildman–Crippen MR) is 88.0 cm³/mol. The van der Waals surface area contributed by atoms with Crippen molar-refractivity contribution < 1.29 is 4.74 Å². The molecular formula is C17H13N5O. The van der Waals surface area contributed by atoms with E-state index in [-0.39, 0.29) is 0 Å². The van der Waals surface area contributed by atoms with Gasteiger partial charge >= 0.3 is 0 Å². The van der Waals surface area contributed by atoms with Gasteiger partial charge in [0.25, 0.3) is 0 Å². The highest BCUT2D eigenvalue weighted by atomic mass is 16.5. The van der Waals surface area contributed by atoms with Crippen LogP contribution in [0.4, 0.5) is 0 Å². The van der Waals surface area contributed by atoms with Crippen LogP contribution < -0.4 is 4.74 Å². The Morgan fingerprint density at radius 3 is 2.65 bits per heavy atom. The molecule has 0 saturated carbocycles. The summed E-state index contributed by atoms with van der Waals surface area (Å²) in [6, 6.07) is 15.6. The number of para-hydroxylation sites is 2. The monoisotopic (exact) mass is 303 g/mol. The fraction of sp³-hybridized carbons (Fsp3) is 0.0588. The molecule has 4 rings (SSSR count). The lowest BCUT2D eigenvalue weighted by atomic mass is 10.2. The van der Waals surface area contributed by atoms with Crippen LogP contribution in [0.1, 0.15) is 11.3 Å². The van der Waals surface area contributed by atoms with Crippen LogP contribution in [-0.4, -0.2) is 32.1 Å². The van der Waals surface area contributed by atoms with Gasteiger partial charge in [-0.05, 0) is 46.3 Å². The van der Waals surface area contributed by atoms with Gasteiger partial charge in [-0.15, -0.1) is 5.10 Å². The largest absolute Gasteiger partial charge is 0.497 e. The smallest absolute Gasteiger partial charge is 0.205 e. The summed E-state index contributed by atoms with van der Waals surface area (Å²) in [5.74, 6) is 0.829. The molecule has 112 valence electrons. The zero-order valence-electron chi connectivity index (χ0n) is 12.4. The Hall–Kier alpha value is -3.28. The molecule has 0 amide bonds.